The Morgan fingerprint density at radius 2 is 2.09 bits per heavy atom. The molecule has 1 aliphatic heterocycles. The van der Waals surface area contributed by atoms with Crippen molar-refractivity contribution in [1.82, 2.24) is 5.43 Å². The minimum atomic E-state index is -0.100. The van der Waals surface area contributed by atoms with Crippen LogP contribution in [0.5, 0.6) is 11.5 Å². The molecule has 0 aromatic heterocycles. The van der Waals surface area contributed by atoms with E-state index in [2.05, 4.69) is 17.5 Å². The lowest BCUT2D eigenvalue weighted by Gasteiger charge is -2.22. The number of benzene rings is 1. The minimum absolute atomic E-state index is 0.0662. The van der Waals surface area contributed by atoms with Crippen LogP contribution in [-0.2, 0) is 0 Å². The van der Waals surface area contributed by atoms with Gasteiger partial charge in [0.25, 0.3) is 5.24 Å². The van der Waals surface area contributed by atoms with E-state index in [1.807, 2.05) is 18.2 Å². The molecule has 0 radical (unpaired) electrons. The zero-order valence-electron chi connectivity index (χ0n) is 13.5. The molecule has 1 heterocycles. The lowest BCUT2D eigenvalue weighted by molar-refractivity contribution is 0.201. The third-order valence-corrected chi connectivity index (χ3v) is 5.39. The fourth-order valence-corrected chi connectivity index (χ4v) is 3.85. The predicted octanol–water partition coefficient (Wildman–Crippen LogP) is 3.96. The molecule has 1 aromatic carbocycles. The quantitative estimate of drug-likeness (QED) is 0.885. The molecule has 1 atom stereocenters. The number of methoxy groups -OCH3 is 1. The second kappa shape index (κ2) is 7.25. The first kappa shape index (κ1) is 16.2. The Bertz CT molecular complexity index is 612. The van der Waals surface area contributed by atoms with E-state index in [9.17, 15) is 4.79 Å². The van der Waals surface area contributed by atoms with Crippen molar-refractivity contribution in [1.29, 1.82) is 0 Å². The van der Waals surface area contributed by atoms with Crippen LogP contribution in [0.25, 0.3) is 0 Å². The van der Waals surface area contributed by atoms with E-state index in [1.165, 1.54) is 24.6 Å². The second-order valence-corrected chi connectivity index (χ2v) is 6.98. The first-order chi connectivity index (χ1) is 11.2. The molecule has 23 heavy (non-hydrogen) atoms. The number of rotatable bonds is 5. The van der Waals surface area contributed by atoms with E-state index in [4.69, 9.17) is 9.47 Å². The van der Waals surface area contributed by atoms with Crippen LogP contribution in [0.3, 0.4) is 0 Å². The number of hydrazone groups is 1. The molecule has 1 saturated carbocycles. The third kappa shape index (κ3) is 3.63. The molecule has 2 aliphatic rings. The van der Waals surface area contributed by atoms with Crippen molar-refractivity contribution >= 4 is 22.7 Å². The Balaban J connectivity index is 1.88. The molecule has 5 nitrogen and oxygen atoms in total. The highest BCUT2D eigenvalue weighted by molar-refractivity contribution is 8.14. The largest absolute Gasteiger partial charge is 0.493 e. The number of nitrogens with one attached hydrogen (secondary N) is 1. The highest BCUT2D eigenvalue weighted by Gasteiger charge is 2.26. The lowest BCUT2D eigenvalue weighted by Crippen LogP contribution is -2.31. The maximum Gasteiger partial charge on any atom is 0.299 e. The van der Waals surface area contributed by atoms with E-state index in [1.54, 1.807) is 7.11 Å². The lowest BCUT2D eigenvalue weighted by atomic mass is 10.0. The van der Waals surface area contributed by atoms with Gasteiger partial charge in [0.15, 0.2) is 11.5 Å². The van der Waals surface area contributed by atoms with Gasteiger partial charge in [-0.15, -0.1) is 0 Å². The van der Waals surface area contributed by atoms with Crippen LogP contribution < -0.4 is 14.9 Å². The third-order valence-electron chi connectivity index (χ3n) is 4.25. The van der Waals surface area contributed by atoms with Crippen LogP contribution in [0.4, 0.5) is 4.79 Å². The average Bonchev–Trinajstić information content (AvgIpc) is 3.07. The smallest absolute Gasteiger partial charge is 0.299 e. The van der Waals surface area contributed by atoms with Gasteiger partial charge in [0.2, 0.25) is 0 Å². The number of nitrogens with zero attached hydrogens (tertiary/aromatic N) is 1. The Morgan fingerprint density at radius 3 is 2.78 bits per heavy atom. The molecule has 1 aliphatic carbocycles. The number of hydrogen-bond donors (Lipinski definition) is 1. The van der Waals surface area contributed by atoms with Gasteiger partial charge in [-0.25, -0.2) is 5.43 Å². The topological polar surface area (TPSA) is 59.9 Å². The van der Waals surface area contributed by atoms with Crippen LogP contribution in [0, 0.1) is 0 Å². The number of thioether (sulfide) groups is 1. The first-order valence-electron chi connectivity index (χ1n) is 8.10. The fourth-order valence-electron chi connectivity index (χ4n) is 3.03. The number of amides is 1. The van der Waals surface area contributed by atoms with Gasteiger partial charge in [0.05, 0.1) is 24.2 Å². The predicted molar refractivity (Wildman–Crippen MR) is 92.6 cm³/mol. The number of carbonyl (C=O) groups is 1. The molecule has 1 aromatic rings. The number of carbonyl (C=O) groups excluding carboxylic acids is 1. The summed E-state index contributed by atoms with van der Waals surface area (Å²) < 4.78 is 11.6. The zero-order chi connectivity index (χ0) is 16.2. The van der Waals surface area contributed by atoms with Crippen LogP contribution in [-0.4, -0.2) is 29.4 Å². The van der Waals surface area contributed by atoms with Crippen LogP contribution in [0.1, 0.15) is 44.6 Å². The van der Waals surface area contributed by atoms with E-state index >= 15 is 0 Å². The molecule has 0 saturated heterocycles. The molecule has 6 heteroatoms. The summed E-state index contributed by atoms with van der Waals surface area (Å²) in [6.45, 7) is 2.06. The summed E-state index contributed by atoms with van der Waals surface area (Å²) in [6, 6.07) is 5.87. The summed E-state index contributed by atoms with van der Waals surface area (Å²) >= 11 is 1.29. The van der Waals surface area contributed by atoms with Gasteiger partial charge in [-0.2, -0.15) is 5.10 Å². The summed E-state index contributed by atoms with van der Waals surface area (Å²) in [5, 5.41) is 4.23. The highest BCUT2D eigenvalue weighted by atomic mass is 32.2. The Labute approximate surface area is 140 Å². The molecule has 124 valence electrons. The highest BCUT2D eigenvalue weighted by Crippen LogP contribution is 2.34. The standard InChI is InChI=1S/C17H22N2O3S/c1-3-15-16(18-19-17(20)23-15)11-8-9-13(21-2)14(10-11)22-12-6-4-5-7-12/h8-10,12,15H,3-7H2,1-2H3,(H,19,20). The van der Waals surface area contributed by atoms with Gasteiger partial charge in [0, 0.05) is 5.56 Å². The van der Waals surface area contributed by atoms with Gasteiger partial charge < -0.3 is 9.47 Å². The van der Waals surface area contributed by atoms with Crippen molar-refractivity contribution in [3.8, 4) is 11.5 Å². The molecular weight excluding hydrogens is 312 g/mol. The minimum Gasteiger partial charge on any atom is -0.493 e. The van der Waals surface area contributed by atoms with Crippen LogP contribution in [0.15, 0.2) is 23.3 Å². The van der Waals surface area contributed by atoms with Crippen LogP contribution >= 0.6 is 11.8 Å². The summed E-state index contributed by atoms with van der Waals surface area (Å²) in [7, 11) is 1.65. The molecule has 0 spiro atoms. The fraction of sp³-hybridized carbons (Fsp3) is 0.529. The molecule has 3 rings (SSSR count). The summed E-state index contributed by atoms with van der Waals surface area (Å²) in [4.78, 5) is 11.5. The average molecular weight is 334 g/mol. The summed E-state index contributed by atoms with van der Waals surface area (Å²) in [6.07, 6.45) is 5.75. The summed E-state index contributed by atoms with van der Waals surface area (Å²) in [5.41, 5.74) is 4.41. The van der Waals surface area contributed by atoms with Gasteiger partial charge in [-0.05, 0) is 50.3 Å². The second-order valence-electron chi connectivity index (χ2n) is 5.80. The van der Waals surface area contributed by atoms with E-state index in [0.29, 0.717) is 0 Å². The first-order valence-corrected chi connectivity index (χ1v) is 8.98. The van der Waals surface area contributed by atoms with Gasteiger partial charge in [-0.1, -0.05) is 18.7 Å². The normalized spacial score (nSPS) is 21.7. The summed E-state index contributed by atoms with van der Waals surface area (Å²) in [5.74, 6) is 1.50. The van der Waals surface area contributed by atoms with Gasteiger partial charge in [-0.3, -0.25) is 4.79 Å². The molecule has 1 N–H and O–H groups in total. The van der Waals surface area contributed by atoms with Crippen molar-refractivity contribution < 1.29 is 14.3 Å². The van der Waals surface area contributed by atoms with Crippen molar-refractivity contribution in [3.05, 3.63) is 23.8 Å². The molecular formula is C17H22N2O3S. The van der Waals surface area contributed by atoms with Crippen molar-refractivity contribution in [2.75, 3.05) is 7.11 Å². The Kier molecular flexibility index (Phi) is 5.10. The Morgan fingerprint density at radius 1 is 1.30 bits per heavy atom. The number of ether oxygens (including phenoxy) is 2. The maximum atomic E-state index is 11.5. The van der Waals surface area contributed by atoms with Crippen molar-refractivity contribution in [2.45, 2.75) is 50.4 Å². The van der Waals surface area contributed by atoms with Gasteiger partial charge >= 0.3 is 0 Å². The molecule has 0 bridgehead atoms. The zero-order valence-corrected chi connectivity index (χ0v) is 14.3. The molecule has 1 fully saturated rings. The van der Waals surface area contributed by atoms with Crippen molar-refractivity contribution in [2.24, 2.45) is 5.10 Å². The number of hydrogen-bond acceptors (Lipinski definition) is 5. The van der Waals surface area contributed by atoms with Gasteiger partial charge in [0.1, 0.15) is 0 Å². The molecule has 1 unspecified atom stereocenters. The van der Waals surface area contributed by atoms with E-state index in [0.717, 1.165) is 42.0 Å². The van der Waals surface area contributed by atoms with E-state index < -0.39 is 0 Å². The SMILES string of the molecule is CCC1SC(=O)NN=C1c1ccc(OC)c(OC2CCCC2)c1. The maximum absolute atomic E-state index is 11.5. The van der Waals surface area contributed by atoms with Crippen LogP contribution in [0.2, 0.25) is 0 Å². The van der Waals surface area contributed by atoms with Crippen molar-refractivity contribution in [3.63, 3.8) is 0 Å². The van der Waals surface area contributed by atoms with E-state index in [-0.39, 0.29) is 16.6 Å². The molecule has 1 amide bonds. The monoisotopic (exact) mass is 334 g/mol. The Hall–Kier alpha value is -1.69.